The molecule has 0 amide bonds. The molecule has 36 heavy (non-hydrogen) atoms. The van der Waals surface area contributed by atoms with Gasteiger partial charge in [0.1, 0.15) is 5.75 Å². The number of phenols is 1. The lowest BCUT2D eigenvalue weighted by Crippen LogP contribution is -2.55. The fourth-order valence-corrected chi connectivity index (χ4v) is 6.80. The molecule has 8 nitrogen and oxygen atoms in total. The van der Waals surface area contributed by atoms with Crippen molar-refractivity contribution in [1.29, 1.82) is 0 Å². The normalized spacial score (nSPS) is 27.6. The van der Waals surface area contributed by atoms with E-state index in [1.165, 1.54) is 16.4 Å². The van der Waals surface area contributed by atoms with Crippen molar-refractivity contribution in [2.75, 3.05) is 0 Å². The van der Waals surface area contributed by atoms with E-state index >= 15 is 0 Å². The number of benzene rings is 2. The minimum Gasteiger partial charge on any atom is -0.507 e. The minimum atomic E-state index is -1.15. The lowest BCUT2D eigenvalue weighted by molar-refractivity contribution is -0.140. The van der Waals surface area contributed by atoms with E-state index in [0.29, 0.717) is 22.1 Å². The topological polar surface area (TPSA) is 103 Å². The maximum atomic E-state index is 14.0. The largest absolute Gasteiger partial charge is 0.507 e. The zero-order chi connectivity index (χ0) is 25.7. The highest BCUT2D eigenvalue weighted by molar-refractivity contribution is 6.16. The molecular weight excluding hydrogens is 458 g/mol. The highest BCUT2D eigenvalue weighted by Gasteiger charge is 2.60. The quantitative estimate of drug-likeness (QED) is 0.534. The van der Waals surface area contributed by atoms with Crippen molar-refractivity contribution in [2.24, 2.45) is 18.4 Å². The molecule has 2 aromatic carbocycles. The summed E-state index contributed by atoms with van der Waals surface area (Å²) in [5, 5.41) is 13.0. The maximum absolute atomic E-state index is 14.0. The Kier molecular flexibility index (Phi) is 4.56. The number of allylic oxidation sites excluding steroid dienone is 4. The molecule has 6 rings (SSSR count). The molecule has 0 radical (unpaired) electrons. The SMILES string of the molecule is CC1=C(C)C(=O)[C@@]2(C)[C@@H](c3ccc4ccccc4c3O)C3=CCn4c(=O)n(C)c(=O)n4[C@@H]3C[C@H]2C1=O. The van der Waals surface area contributed by atoms with E-state index in [2.05, 4.69) is 0 Å². The molecule has 1 aliphatic heterocycles. The monoisotopic (exact) mass is 485 g/mol. The van der Waals surface area contributed by atoms with Gasteiger partial charge in [0.2, 0.25) is 0 Å². The van der Waals surface area contributed by atoms with Gasteiger partial charge in [-0.3, -0.25) is 9.59 Å². The van der Waals surface area contributed by atoms with E-state index in [1.54, 1.807) is 13.8 Å². The lowest BCUT2D eigenvalue weighted by Gasteiger charge is -2.53. The number of aromatic nitrogens is 3. The first-order valence-corrected chi connectivity index (χ1v) is 12.1. The summed E-state index contributed by atoms with van der Waals surface area (Å²) in [6.45, 7) is 5.35. The zero-order valence-corrected chi connectivity index (χ0v) is 20.6. The Hall–Kier alpha value is -3.94. The van der Waals surface area contributed by atoms with Crippen LogP contribution in [0.4, 0.5) is 0 Å². The van der Waals surface area contributed by atoms with Crippen LogP contribution in [0.5, 0.6) is 5.75 Å². The highest BCUT2D eigenvalue weighted by atomic mass is 16.3. The van der Waals surface area contributed by atoms with Crippen molar-refractivity contribution in [3.05, 3.63) is 85.7 Å². The highest BCUT2D eigenvalue weighted by Crippen LogP contribution is 2.61. The summed E-state index contributed by atoms with van der Waals surface area (Å²) in [5.74, 6) is -1.54. The number of aromatic hydroxyl groups is 1. The Morgan fingerprint density at radius 1 is 0.972 bits per heavy atom. The fourth-order valence-electron chi connectivity index (χ4n) is 6.80. The Balaban J connectivity index is 1.68. The molecule has 4 atom stereocenters. The van der Waals surface area contributed by atoms with Crippen molar-refractivity contribution in [3.8, 4) is 5.75 Å². The molecule has 1 fully saturated rings. The van der Waals surface area contributed by atoms with Crippen LogP contribution in [0.3, 0.4) is 0 Å². The van der Waals surface area contributed by atoms with Crippen LogP contribution >= 0.6 is 0 Å². The molecule has 3 aliphatic rings. The zero-order valence-electron chi connectivity index (χ0n) is 20.6. The molecule has 2 heterocycles. The molecule has 184 valence electrons. The summed E-state index contributed by atoms with van der Waals surface area (Å²) in [5.41, 5.74) is 0.165. The maximum Gasteiger partial charge on any atom is 0.347 e. The third kappa shape index (κ3) is 2.59. The molecule has 1 saturated carbocycles. The molecule has 3 aromatic rings. The molecule has 0 bridgehead atoms. The van der Waals surface area contributed by atoms with Crippen molar-refractivity contribution < 1.29 is 14.7 Å². The summed E-state index contributed by atoms with van der Waals surface area (Å²) in [7, 11) is 1.44. The summed E-state index contributed by atoms with van der Waals surface area (Å²) >= 11 is 0. The van der Waals surface area contributed by atoms with Gasteiger partial charge in [0.25, 0.3) is 0 Å². The van der Waals surface area contributed by atoms with Crippen molar-refractivity contribution in [1.82, 2.24) is 13.9 Å². The number of fused-ring (bicyclic) bond motifs is 5. The number of phenolic OH excluding ortho intramolecular Hbond substituents is 1. The first kappa shape index (κ1) is 22.5. The van der Waals surface area contributed by atoms with E-state index in [0.717, 1.165) is 15.5 Å². The van der Waals surface area contributed by atoms with Crippen LogP contribution in [-0.2, 0) is 23.2 Å². The molecule has 8 heteroatoms. The number of Topliss-reactive ketones (excluding diaryl/α,β-unsaturated/α-hetero) is 2. The number of hydrogen-bond donors (Lipinski definition) is 1. The van der Waals surface area contributed by atoms with E-state index in [9.17, 15) is 24.3 Å². The number of nitrogens with zero attached hydrogens (tertiary/aromatic N) is 3. The molecule has 2 aliphatic carbocycles. The van der Waals surface area contributed by atoms with E-state index in [1.807, 2.05) is 49.4 Å². The Morgan fingerprint density at radius 3 is 2.44 bits per heavy atom. The van der Waals surface area contributed by atoms with Gasteiger partial charge in [0, 0.05) is 29.8 Å². The van der Waals surface area contributed by atoms with Crippen LogP contribution in [0.2, 0.25) is 0 Å². The Bertz CT molecular complexity index is 1700. The van der Waals surface area contributed by atoms with Crippen LogP contribution in [0, 0.1) is 11.3 Å². The van der Waals surface area contributed by atoms with E-state index < -0.39 is 34.7 Å². The van der Waals surface area contributed by atoms with Gasteiger partial charge >= 0.3 is 11.4 Å². The van der Waals surface area contributed by atoms with Crippen LogP contribution in [0.15, 0.2) is 68.8 Å². The molecule has 1 aromatic heterocycles. The van der Waals surface area contributed by atoms with E-state index in [-0.39, 0.29) is 30.3 Å². The van der Waals surface area contributed by atoms with Crippen molar-refractivity contribution >= 4 is 22.3 Å². The number of hydrogen-bond acceptors (Lipinski definition) is 5. The molecule has 1 N–H and O–H groups in total. The van der Waals surface area contributed by atoms with Gasteiger partial charge in [-0.2, -0.15) is 0 Å². The number of rotatable bonds is 1. The summed E-state index contributed by atoms with van der Waals surface area (Å²) < 4.78 is 3.89. The molecule has 0 spiro atoms. The third-order valence-electron chi connectivity index (χ3n) is 8.87. The predicted molar refractivity (Wildman–Crippen MR) is 134 cm³/mol. The second-order valence-electron chi connectivity index (χ2n) is 10.4. The average Bonchev–Trinajstić information content (AvgIpc) is 3.10. The van der Waals surface area contributed by atoms with Gasteiger partial charge in [-0.15, -0.1) is 0 Å². The molecular formula is C28H27N3O5. The lowest BCUT2D eigenvalue weighted by atomic mass is 9.50. The van der Waals surface area contributed by atoms with Crippen LogP contribution in [0.1, 0.15) is 44.7 Å². The van der Waals surface area contributed by atoms with Gasteiger partial charge in [-0.25, -0.2) is 23.5 Å². The number of carbonyl (C=O) groups excluding carboxylic acids is 2. The van der Waals surface area contributed by atoms with Crippen molar-refractivity contribution in [2.45, 2.75) is 45.7 Å². The second-order valence-corrected chi connectivity index (χ2v) is 10.4. The summed E-state index contributed by atoms with van der Waals surface area (Å²) in [6, 6.07) is 10.6. The smallest absolute Gasteiger partial charge is 0.347 e. The van der Waals surface area contributed by atoms with Gasteiger partial charge in [0.05, 0.1) is 18.0 Å². The summed E-state index contributed by atoms with van der Waals surface area (Å²) in [4.78, 5) is 53.5. The van der Waals surface area contributed by atoms with Gasteiger partial charge in [-0.05, 0) is 42.4 Å². The first-order chi connectivity index (χ1) is 17.1. The standard InChI is InChI=1S/C28H27N3O5/c1-14-15(2)25(34)28(3)20(23(14)32)13-21-18(11-12-30-26(35)29(4)27(36)31(21)30)22(28)19-10-9-16-7-5-6-8-17(16)24(19)33/h5-11,20-22,33H,12-13H2,1-4H3/t20-,21+,22+,28+/m0/s1. The minimum absolute atomic E-state index is 0.0622. The molecule has 0 unspecified atom stereocenters. The second kappa shape index (κ2) is 7.29. The summed E-state index contributed by atoms with van der Waals surface area (Å²) in [6.07, 6.45) is 2.12. The van der Waals surface area contributed by atoms with Crippen LogP contribution in [-0.4, -0.2) is 30.6 Å². The van der Waals surface area contributed by atoms with Crippen molar-refractivity contribution in [3.63, 3.8) is 0 Å². The van der Waals surface area contributed by atoms with Gasteiger partial charge in [0.15, 0.2) is 11.6 Å². The van der Waals surface area contributed by atoms with Crippen LogP contribution in [0.25, 0.3) is 10.8 Å². The van der Waals surface area contributed by atoms with Gasteiger partial charge < -0.3 is 5.11 Å². The van der Waals surface area contributed by atoms with E-state index in [4.69, 9.17) is 0 Å². The number of ketones is 2. The predicted octanol–water partition coefficient (Wildman–Crippen LogP) is 2.99. The van der Waals surface area contributed by atoms with Crippen LogP contribution < -0.4 is 11.4 Å². The Morgan fingerprint density at radius 2 is 1.69 bits per heavy atom. The van der Waals surface area contributed by atoms with Gasteiger partial charge in [-0.1, -0.05) is 49.4 Å². The fraction of sp³-hybridized carbons (Fsp3) is 0.357. The third-order valence-corrected chi connectivity index (χ3v) is 8.87. The average molecular weight is 486 g/mol. The first-order valence-electron chi connectivity index (χ1n) is 12.1. The Labute approximate surface area is 206 Å². The molecule has 0 saturated heterocycles. The number of carbonyl (C=O) groups is 2.